The zero-order chi connectivity index (χ0) is 28.3. The lowest BCUT2D eigenvalue weighted by Gasteiger charge is -2.48. The summed E-state index contributed by atoms with van der Waals surface area (Å²) < 4.78 is 32.9. The molecule has 0 aromatic heterocycles. The first-order chi connectivity index (χ1) is 18.5. The van der Waals surface area contributed by atoms with Crippen molar-refractivity contribution in [3.63, 3.8) is 0 Å². The maximum Gasteiger partial charge on any atom is 0.251 e. The zero-order valence-electron chi connectivity index (χ0n) is 21.8. The first kappa shape index (κ1) is 29.2. The van der Waals surface area contributed by atoms with Gasteiger partial charge in [-0.05, 0) is 54.4 Å². The van der Waals surface area contributed by atoms with Gasteiger partial charge in [0.25, 0.3) is 5.91 Å². The number of anilines is 1. The van der Waals surface area contributed by atoms with Crippen molar-refractivity contribution < 1.29 is 23.1 Å². The summed E-state index contributed by atoms with van der Waals surface area (Å²) in [6, 6.07) is 18.9. The number of likely N-dealkylation sites (tertiary alicyclic amines) is 1. The highest BCUT2D eigenvalue weighted by molar-refractivity contribution is 7.92. The molecule has 0 spiro atoms. The molecule has 3 aromatic carbocycles. The minimum atomic E-state index is -3.72. The summed E-state index contributed by atoms with van der Waals surface area (Å²) in [5.74, 6) is -0.0923. The number of benzene rings is 3. The van der Waals surface area contributed by atoms with Gasteiger partial charge < -0.3 is 15.2 Å². The van der Waals surface area contributed by atoms with Crippen LogP contribution in [0.1, 0.15) is 34.5 Å². The van der Waals surface area contributed by atoms with Gasteiger partial charge in [-0.2, -0.15) is 0 Å². The molecule has 0 aliphatic carbocycles. The van der Waals surface area contributed by atoms with Crippen LogP contribution in [0.25, 0.3) is 0 Å². The van der Waals surface area contributed by atoms with Gasteiger partial charge in [-0.25, -0.2) is 8.42 Å². The molecular weight excluding hydrogens is 561 g/mol. The molecule has 1 heterocycles. The van der Waals surface area contributed by atoms with Gasteiger partial charge in [-0.1, -0.05) is 47.5 Å². The predicted molar refractivity (Wildman–Crippen MR) is 154 cm³/mol. The van der Waals surface area contributed by atoms with Crippen molar-refractivity contribution in [3.8, 4) is 5.75 Å². The molecule has 39 heavy (non-hydrogen) atoms. The lowest BCUT2D eigenvalue weighted by Crippen LogP contribution is -2.61. The van der Waals surface area contributed by atoms with Crippen LogP contribution in [0, 0.1) is 0 Å². The average Bonchev–Trinajstić information content (AvgIpc) is 2.88. The van der Waals surface area contributed by atoms with Crippen LogP contribution in [0.4, 0.5) is 5.69 Å². The van der Waals surface area contributed by atoms with Crippen molar-refractivity contribution in [3.05, 3.63) is 93.5 Å². The number of aliphatic hydroxyl groups excluding tert-OH is 1. The van der Waals surface area contributed by atoms with Gasteiger partial charge in [0, 0.05) is 40.8 Å². The molecule has 1 amide bonds. The van der Waals surface area contributed by atoms with E-state index in [4.69, 9.17) is 27.9 Å². The molecule has 4 rings (SSSR count). The number of methoxy groups -OCH3 is 1. The standard InChI is InChI=1S/C28H31Cl2N3O5S/c1-18(17-34)31-28(35)21-12-24(14-26(13-21)38-2)33(39(3,36)37)25-15-32(16-25)27(19-4-8-22(29)9-5-19)20-6-10-23(30)11-7-20/h4-14,18,25,27,34H,15-17H2,1-3H3,(H,31,35). The van der Waals surface area contributed by atoms with Gasteiger partial charge in [-0.15, -0.1) is 0 Å². The maximum atomic E-state index is 13.1. The monoisotopic (exact) mass is 591 g/mol. The molecule has 0 bridgehead atoms. The Morgan fingerprint density at radius 2 is 1.59 bits per heavy atom. The number of carbonyl (C=O) groups excluding carboxylic acids is 1. The van der Waals surface area contributed by atoms with E-state index in [1.165, 1.54) is 23.5 Å². The molecule has 2 N–H and O–H groups in total. The molecule has 1 aliphatic rings. The summed E-state index contributed by atoms with van der Waals surface area (Å²) in [4.78, 5) is 15.0. The number of hydrogen-bond acceptors (Lipinski definition) is 6. The van der Waals surface area contributed by atoms with E-state index in [2.05, 4.69) is 10.2 Å². The van der Waals surface area contributed by atoms with Crippen molar-refractivity contribution in [2.24, 2.45) is 0 Å². The van der Waals surface area contributed by atoms with Crippen molar-refractivity contribution in [2.75, 3.05) is 37.4 Å². The minimum Gasteiger partial charge on any atom is -0.497 e. The molecule has 208 valence electrons. The fourth-order valence-electron chi connectivity index (χ4n) is 4.74. The third kappa shape index (κ3) is 6.85. The highest BCUT2D eigenvalue weighted by atomic mass is 35.5. The first-order valence-electron chi connectivity index (χ1n) is 12.4. The Kier molecular flexibility index (Phi) is 9.08. The second kappa shape index (κ2) is 12.1. The van der Waals surface area contributed by atoms with Crippen LogP contribution in [0.3, 0.4) is 0 Å². The van der Waals surface area contributed by atoms with Crippen molar-refractivity contribution in [2.45, 2.75) is 25.0 Å². The quantitative estimate of drug-likeness (QED) is 0.363. The molecule has 1 aliphatic heterocycles. The predicted octanol–water partition coefficient (Wildman–Crippen LogP) is 4.35. The summed E-state index contributed by atoms with van der Waals surface area (Å²) in [6.45, 7) is 2.34. The minimum absolute atomic E-state index is 0.135. The van der Waals surface area contributed by atoms with Crippen LogP contribution in [-0.4, -0.2) is 69.5 Å². The number of rotatable bonds is 10. The van der Waals surface area contributed by atoms with Crippen molar-refractivity contribution >= 4 is 44.8 Å². The van der Waals surface area contributed by atoms with Crippen LogP contribution in [0.15, 0.2) is 66.7 Å². The molecular formula is C28H31Cl2N3O5S. The second-order valence-electron chi connectivity index (χ2n) is 9.65. The van der Waals surface area contributed by atoms with Crippen molar-refractivity contribution in [1.29, 1.82) is 0 Å². The number of nitrogens with zero attached hydrogens (tertiary/aromatic N) is 2. The Labute approximate surface area is 239 Å². The van der Waals surface area contributed by atoms with Gasteiger partial charge in [-0.3, -0.25) is 14.0 Å². The number of halogens is 2. The topological polar surface area (TPSA) is 99.2 Å². The molecule has 0 saturated carbocycles. The summed E-state index contributed by atoms with van der Waals surface area (Å²) in [6.07, 6.45) is 1.15. The summed E-state index contributed by atoms with van der Waals surface area (Å²) in [7, 11) is -2.26. The van der Waals surface area contributed by atoms with E-state index in [1.54, 1.807) is 13.0 Å². The smallest absolute Gasteiger partial charge is 0.251 e. The lowest BCUT2D eigenvalue weighted by molar-refractivity contribution is 0.0921. The molecule has 1 unspecified atom stereocenters. The molecule has 0 radical (unpaired) electrons. The molecule has 8 nitrogen and oxygen atoms in total. The SMILES string of the molecule is COc1cc(C(=O)NC(C)CO)cc(N(C2CN(C(c3ccc(Cl)cc3)c3ccc(Cl)cc3)C2)S(C)(=O)=O)c1. The molecule has 11 heteroatoms. The molecule has 1 atom stereocenters. The number of nitrogens with one attached hydrogen (secondary N) is 1. The van der Waals surface area contributed by atoms with E-state index in [0.29, 0.717) is 34.6 Å². The van der Waals surface area contributed by atoms with Crippen LogP contribution in [0.2, 0.25) is 10.0 Å². The van der Waals surface area contributed by atoms with E-state index in [-0.39, 0.29) is 24.3 Å². The Balaban J connectivity index is 1.65. The molecule has 1 fully saturated rings. The fraction of sp³-hybridized carbons (Fsp3) is 0.321. The van der Waals surface area contributed by atoms with E-state index in [1.807, 2.05) is 48.5 Å². The van der Waals surface area contributed by atoms with E-state index >= 15 is 0 Å². The number of sulfonamides is 1. The number of carbonyl (C=O) groups is 1. The number of ether oxygens (including phenoxy) is 1. The molecule has 1 saturated heterocycles. The summed E-state index contributed by atoms with van der Waals surface area (Å²) in [5.41, 5.74) is 2.60. The van der Waals surface area contributed by atoms with Crippen LogP contribution < -0.4 is 14.4 Å². The highest BCUT2D eigenvalue weighted by Gasteiger charge is 2.41. The number of hydrogen-bond donors (Lipinski definition) is 2. The number of aliphatic hydroxyl groups is 1. The number of amides is 1. The third-order valence-corrected chi connectivity index (χ3v) is 8.34. The molecule has 3 aromatic rings. The van der Waals surface area contributed by atoms with Crippen LogP contribution in [-0.2, 0) is 10.0 Å². The lowest BCUT2D eigenvalue weighted by atomic mass is 9.93. The maximum absolute atomic E-state index is 13.1. The Bertz CT molecular complexity index is 1370. The third-order valence-electron chi connectivity index (χ3n) is 6.61. The first-order valence-corrected chi connectivity index (χ1v) is 15.0. The van der Waals surface area contributed by atoms with Gasteiger partial charge in [0.2, 0.25) is 10.0 Å². The van der Waals surface area contributed by atoms with E-state index < -0.39 is 22.0 Å². The van der Waals surface area contributed by atoms with E-state index in [0.717, 1.165) is 17.4 Å². The Morgan fingerprint density at radius 1 is 1.05 bits per heavy atom. The normalized spacial score (nSPS) is 15.1. The Hall–Kier alpha value is -2.82. The van der Waals surface area contributed by atoms with Gasteiger partial charge >= 0.3 is 0 Å². The van der Waals surface area contributed by atoms with E-state index in [9.17, 15) is 18.3 Å². The van der Waals surface area contributed by atoms with Gasteiger partial charge in [0.15, 0.2) is 0 Å². The summed E-state index contributed by atoms with van der Waals surface area (Å²) in [5, 5.41) is 13.3. The Morgan fingerprint density at radius 3 is 2.05 bits per heavy atom. The largest absolute Gasteiger partial charge is 0.497 e. The average molecular weight is 593 g/mol. The zero-order valence-corrected chi connectivity index (χ0v) is 24.2. The van der Waals surface area contributed by atoms with Gasteiger partial charge in [0.05, 0.1) is 37.7 Å². The second-order valence-corrected chi connectivity index (χ2v) is 12.4. The van der Waals surface area contributed by atoms with Gasteiger partial charge in [0.1, 0.15) is 5.75 Å². The van der Waals surface area contributed by atoms with Crippen LogP contribution >= 0.6 is 23.2 Å². The van der Waals surface area contributed by atoms with Crippen molar-refractivity contribution in [1.82, 2.24) is 10.2 Å². The fourth-order valence-corrected chi connectivity index (χ4v) is 6.15. The van der Waals surface area contributed by atoms with Crippen LogP contribution in [0.5, 0.6) is 5.75 Å². The highest BCUT2D eigenvalue weighted by Crippen LogP contribution is 2.37. The summed E-state index contributed by atoms with van der Waals surface area (Å²) >= 11 is 12.3.